The number of halogens is 2. The normalized spacial score (nSPS) is 14.2. The maximum atomic E-state index is 13.1. The molecule has 0 amide bonds. The van der Waals surface area contributed by atoms with Gasteiger partial charge < -0.3 is 5.32 Å². The van der Waals surface area contributed by atoms with Crippen LogP contribution in [0.25, 0.3) is 0 Å². The number of hydrogen-bond donors (Lipinski definition) is 1. The van der Waals surface area contributed by atoms with Gasteiger partial charge in [-0.25, -0.2) is 14.4 Å². The monoisotopic (exact) mass is 305 g/mol. The fraction of sp³-hybridized carbons (Fsp3) is 0.375. The van der Waals surface area contributed by atoms with E-state index in [1.807, 2.05) is 13.0 Å². The summed E-state index contributed by atoms with van der Waals surface area (Å²) in [6, 6.07) is 6.62. The first-order valence-electron chi connectivity index (χ1n) is 7.15. The maximum Gasteiger partial charge on any atom is 0.135 e. The number of aromatic nitrogens is 2. The number of benzene rings is 1. The highest BCUT2D eigenvalue weighted by atomic mass is 35.5. The third-order valence-electron chi connectivity index (χ3n) is 3.66. The molecular formula is C16H17ClFN3. The first kappa shape index (κ1) is 14.3. The summed E-state index contributed by atoms with van der Waals surface area (Å²) in [5.74, 6) is 1.88. The summed E-state index contributed by atoms with van der Waals surface area (Å²) in [5, 5.41) is 3.75. The molecule has 1 fully saturated rings. The SMILES string of the molecule is Cc1cc(F)ccc1CCNc1cc(Cl)nc(C2CC2)n1. The van der Waals surface area contributed by atoms with Crippen molar-refractivity contribution >= 4 is 17.4 Å². The summed E-state index contributed by atoms with van der Waals surface area (Å²) in [6.07, 6.45) is 3.11. The maximum absolute atomic E-state index is 13.1. The summed E-state index contributed by atoms with van der Waals surface area (Å²) >= 11 is 6.03. The van der Waals surface area contributed by atoms with Gasteiger partial charge in [-0.2, -0.15) is 0 Å². The lowest BCUT2D eigenvalue weighted by Crippen LogP contribution is -2.09. The summed E-state index contributed by atoms with van der Waals surface area (Å²) < 4.78 is 13.1. The second-order valence-electron chi connectivity index (χ2n) is 5.46. The molecule has 0 atom stereocenters. The van der Waals surface area contributed by atoms with E-state index in [-0.39, 0.29) is 5.82 Å². The van der Waals surface area contributed by atoms with E-state index in [0.29, 0.717) is 11.1 Å². The van der Waals surface area contributed by atoms with Crippen LogP contribution < -0.4 is 5.32 Å². The summed E-state index contributed by atoms with van der Waals surface area (Å²) in [5.41, 5.74) is 2.10. The zero-order valence-corrected chi connectivity index (χ0v) is 12.6. The Balaban J connectivity index is 1.62. The highest BCUT2D eigenvalue weighted by Crippen LogP contribution is 2.38. The molecule has 1 saturated carbocycles. The van der Waals surface area contributed by atoms with Crippen LogP contribution in [-0.2, 0) is 6.42 Å². The van der Waals surface area contributed by atoms with E-state index in [4.69, 9.17) is 11.6 Å². The predicted molar refractivity (Wildman–Crippen MR) is 82.3 cm³/mol. The smallest absolute Gasteiger partial charge is 0.135 e. The molecule has 0 unspecified atom stereocenters. The molecule has 1 aliphatic rings. The van der Waals surface area contributed by atoms with E-state index >= 15 is 0 Å². The van der Waals surface area contributed by atoms with E-state index in [9.17, 15) is 4.39 Å². The molecule has 110 valence electrons. The Labute approximate surface area is 128 Å². The molecule has 1 aliphatic carbocycles. The molecule has 3 rings (SSSR count). The Hall–Kier alpha value is -1.68. The van der Waals surface area contributed by atoms with Gasteiger partial charge in [-0.3, -0.25) is 0 Å². The van der Waals surface area contributed by atoms with Crippen molar-refractivity contribution in [2.75, 3.05) is 11.9 Å². The van der Waals surface area contributed by atoms with E-state index in [1.165, 1.54) is 6.07 Å². The quantitative estimate of drug-likeness (QED) is 0.845. The predicted octanol–water partition coefficient (Wildman–Crippen LogP) is 4.11. The lowest BCUT2D eigenvalue weighted by molar-refractivity contribution is 0.625. The van der Waals surface area contributed by atoms with Crippen molar-refractivity contribution in [2.24, 2.45) is 0 Å². The molecule has 3 nitrogen and oxygen atoms in total. The van der Waals surface area contributed by atoms with Crippen molar-refractivity contribution in [3.05, 3.63) is 52.2 Å². The van der Waals surface area contributed by atoms with Gasteiger partial charge in [0.25, 0.3) is 0 Å². The van der Waals surface area contributed by atoms with Gasteiger partial charge in [0, 0.05) is 18.5 Å². The second kappa shape index (κ2) is 5.98. The standard InChI is InChI=1S/C16H17ClFN3/c1-10-8-13(18)5-4-11(10)6-7-19-15-9-14(17)20-16(21-15)12-2-3-12/h4-5,8-9,12H,2-3,6-7H2,1H3,(H,19,20,21). The molecule has 5 heteroatoms. The molecule has 0 saturated heterocycles. The molecule has 21 heavy (non-hydrogen) atoms. The van der Waals surface area contributed by atoms with Crippen molar-refractivity contribution < 1.29 is 4.39 Å². The molecule has 0 bridgehead atoms. The zero-order chi connectivity index (χ0) is 14.8. The van der Waals surface area contributed by atoms with E-state index < -0.39 is 0 Å². The highest BCUT2D eigenvalue weighted by Gasteiger charge is 2.27. The van der Waals surface area contributed by atoms with Gasteiger partial charge in [0.05, 0.1) is 0 Å². The molecule has 2 aromatic rings. The molecule has 1 heterocycles. The lowest BCUT2D eigenvalue weighted by atomic mass is 10.1. The highest BCUT2D eigenvalue weighted by molar-refractivity contribution is 6.29. The molecule has 0 spiro atoms. The average Bonchev–Trinajstić information content (AvgIpc) is 3.25. The van der Waals surface area contributed by atoms with Crippen LogP contribution in [0.15, 0.2) is 24.3 Å². The van der Waals surface area contributed by atoms with Crippen molar-refractivity contribution in [3.63, 3.8) is 0 Å². The van der Waals surface area contributed by atoms with Crippen LogP contribution in [0.5, 0.6) is 0 Å². The van der Waals surface area contributed by atoms with Gasteiger partial charge in [-0.1, -0.05) is 17.7 Å². The second-order valence-corrected chi connectivity index (χ2v) is 5.84. The van der Waals surface area contributed by atoms with Crippen molar-refractivity contribution in [2.45, 2.75) is 32.1 Å². The van der Waals surface area contributed by atoms with Gasteiger partial charge in [0.2, 0.25) is 0 Å². The minimum absolute atomic E-state index is 0.194. The third-order valence-corrected chi connectivity index (χ3v) is 3.85. The van der Waals surface area contributed by atoms with Crippen LogP contribution in [0.1, 0.15) is 35.7 Å². The van der Waals surface area contributed by atoms with Crippen molar-refractivity contribution in [1.29, 1.82) is 0 Å². The number of hydrogen-bond acceptors (Lipinski definition) is 3. The largest absolute Gasteiger partial charge is 0.370 e. The van der Waals surface area contributed by atoms with Crippen LogP contribution in [0.3, 0.4) is 0 Å². The van der Waals surface area contributed by atoms with Crippen LogP contribution in [0.2, 0.25) is 5.15 Å². The number of nitrogens with one attached hydrogen (secondary N) is 1. The fourth-order valence-electron chi connectivity index (χ4n) is 2.31. The lowest BCUT2D eigenvalue weighted by Gasteiger charge is -2.09. The Morgan fingerprint density at radius 3 is 2.81 bits per heavy atom. The minimum Gasteiger partial charge on any atom is -0.370 e. The van der Waals surface area contributed by atoms with Crippen molar-refractivity contribution in [3.8, 4) is 0 Å². The number of rotatable bonds is 5. The number of aryl methyl sites for hydroxylation is 1. The molecular weight excluding hydrogens is 289 g/mol. The van der Waals surface area contributed by atoms with Crippen LogP contribution in [0.4, 0.5) is 10.2 Å². The average molecular weight is 306 g/mol. The Bertz CT molecular complexity index is 656. The summed E-state index contributed by atoms with van der Waals surface area (Å²) in [4.78, 5) is 8.76. The molecule has 1 aromatic carbocycles. The topological polar surface area (TPSA) is 37.8 Å². The molecule has 1 N–H and O–H groups in total. The summed E-state index contributed by atoms with van der Waals surface area (Å²) in [7, 11) is 0. The van der Waals surface area contributed by atoms with Gasteiger partial charge in [0.15, 0.2) is 0 Å². The van der Waals surface area contributed by atoms with Crippen LogP contribution in [-0.4, -0.2) is 16.5 Å². The third kappa shape index (κ3) is 3.70. The Morgan fingerprint density at radius 1 is 1.29 bits per heavy atom. The zero-order valence-electron chi connectivity index (χ0n) is 11.9. The van der Waals surface area contributed by atoms with Crippen LogP contribution in [0, 0.1) is 12.7 Å². The molecule has 0 aliphatic heterocycles. The Kier molecular flexibility index (Phi) is 4.06. The van der Waals surface area contributed by atoms with E-state index in [1.54, 1.807) is 12.1 Å². The van der Waals surface area contributed by atoms with Gasteiger partial charge in [-0.15, -0.1) is 0 Å². The first-order valence-corrected chi connectivity index (χ1v) is 7.53. The molecule has 1 aromatic heterocycles. The number of nitrogens with zero attached hydrogens (tertiary/aromatic N) is 2. The fourth-order valence-corrected chi connectivity index (χ4v) is 2.50. The molecule has 0 radical (unpaired) electrons. The van der Waals surface area contributed by atoms with E-state index in [2.05, 4.69) is 15.3 Å². The van der Waals surface area contributed by atoms with Gasteiger partial charge >= 0.3 is 0 Å². The van der Waals surface area contributed by atoms with E-state index in [0.717, 1.165) is 48.6 Å². The van der Waals surface area contributed by atoms with Crippen molar-refractivity contribution in [1.82, 2.24) is 9.97 Å². The van der Waals surface area contributed by atoms with Gasteiger partial charge in [0.1, 0.15) is 22.6 Å². The van der Waals surface area contributed by atoms with Gasteiger partial charge in [-0.05, 0) is 49.4 Å². The minimum atomic E-state index is -0.194. The summed E-state index contributed by atoms with van der Waals surface area (Å²) in [6.45, 7) is 2.65. The number of anilines is 1. The van der Waals surface area contributed by atoms with Crippen LogP contribution >= 0.6 is 11.6 Å². The first-order chi connectivity index (χ1) is 10.1. The Morgan fingerprint density at radius 2 is 2.10 bits per heavy atom.